The molecule has 0 spiro atoms. The van der Waals surface area contributed by atoms with Gasteiger partial charge in [-0.1, -0.05) is 0 Å². The Morgan fingerprint density at radius 3 is 3.15 bits per heavy atom. The summed E-state index contributed by atoms with van der Waals surface area (Å²) in [5.74, 6) is 0. The lowest BCUT2D eigenvalue weighted by atomic mass is 10.2. The molecular formula is C10H15N3. The van der Waals surface area contributed by atoms with Crippen LogP contribution in [0.2, 0.25) is 0 Å². The van der Waals surface area contributed by atoms with E-state index in [9.17, 15) is 0 Å². The maximum atomic E-state index is 5.74. The first-order valence-electron chi connectivity index (χ1n) is 4.62. The Kier molecular flexibility index (Phi) is 2.00. The molecule has 0 bridgehead atoms. The fourth-order valence-electron chi connectivity index (χ4n) is 1.67. The summed E-state index contributed by atoms with van der Waals surface area (Å²) in [6.07, 6.45) is 1.17. The Morgan fingerprint density at radius 1 is 1.46 bits per heavy atom. The van der Waals surface area contributed by atoms with Crippen molar-refractivity contribution in [1.29, 1.82) is 0 Å². The van der Waals surface area contributed by atoms with E-state index in [1.165, 1.54) is 17.8 Å². The van der Waals surface area contributed by atoms with Gasteiger partial charge in [0.25, 0.3) is 0 Å². The van der Waals surface area contributed by atoms with Gasteiger partial charge < -0.3 is 16.0 Å². The first-order chi connectivity index (χ1) is 6.27. The fraction of sp³-hybridized carbons (Fsp3) is 0.400. The van der Waals surface area contributed by atoms with Crippen molar-refractivity contribution in [3.63, 3.8) is 0 Å². The molecule has 13 heavy (non-hydrogen) atoms. The molecule has 0 saturated carbocycles. The van der Waals surface area contributed by atoms with Crippen molar-refractivity contribution in [2.24, 2.45) is 0 Å². The lowest BCUT2D eigenvalue weighted by molar-refractivity contribution is 0.837. The van der Waals surface area contributed by atoms with E-state index in [1.54, 1.807) is 0 Å². The molecule has 1 aliphatic rings. The van der Waals surface area contributed by atoms with Gasteiger partial charge in [0.05, 0.1) is 11.4 Å². The Bertz CT molecular complexity index is 309. The minimum atomic E-state index is 0.828. The van der Waals surface area contributed by atoms with Crippen molar-refractivity contribution in [3.05, 3.63) is 18.2 Å². The largest absolute Gasteiger partial charge is 0.399 e. The number of nitrogens with two attached hydrogens (primary N) is 1. The molecule has 1 heterocycles. The van der Waals surface area contributed by atoms with E-state index >= 15 is 0 Å². The average Bonchev–Trinajstić information content (AvgIpc) is 2.29. The maximum Gasteiger partial charge on any atom is 0.0620 e. The van der Waals surface area contributed by atoms with Crippen molar-refractivity contribution in [1.82, 2.24) is 0 Å². The van der Waals surface area contributed by atoms with Gasteiger partial charge in [0.15, 0.2) is 0 Å². The van der Waals surface area contributed by atoms with Crippen LogP contribution in [0.5, 0.6) is 0 Å². The molecule has 1 aliphatic heterocycles. The van der Waals surface area contributed by atoms with Gasteiger partial charge in [-0.05, 0) is 24.6 Å². The monoisotopic (exact) mass is 177 g/mol. The number of hydrogen-bond acceptors (Lipinski definition) is 3. The normalized spacial score (nSPS) is 15.9. The van der Waals surface area contributed by atoms with Gasteiger partial charge in [0, 0.05) is 25.8 Å². The smallest absolute Gasteiger partial charge is 0.0620 e. The third-order valence-electron chi connectivity index (χ3n) is 2.42. The summed E-state index contributed by atoms with van der Waals surface area (Å²) in [7, 11) is 2.10. The van der Waals surface area contributed by atoms with Gasteiger partial charge in [0.2, 0.25) is 0 Å². The standard InChI is InChI=1S/C10H15N3/c1-13-6-2-5-12-9-4-3-8(11)7-10(9)13/h3-4,7,12H,2,5-6,11H2,1H3. The molecule has 0 atom stereocenters. The molecule has 3 N–H and O–H groups in total. The predicted octanol–water partition coefficient (Wildman–Crippen LogP) is 1.52. The van der Waals surface area contributed by atoms with Crippen molar-refractivity contribution in [3.8, 4) is 0 Å². The molecule has 70 valence electrons. The Morgan fingerprint density at radius 2 is 2.31 bits per heavy atom. The van der Waals surface area contributed by atoms with Crippen molar-refractivity contribution < 1.29 is 0 Å². The Hall–Kier alpha value is -1.38. The van der Waals surface area contributed by atoms with Crippen LogP contribution in [-0.4, -0.2) is 20.1 Å². The second kappa shape index (κ2) is 3.17. The summed E-state index contributed by atoms with van der Waals surface area (Å²) >= 11 is 0. The van der Waals surface area contributed by atoms with E-state index in [1.807, 2.05) is 18.2 Å². The number of fused-ring (bicyclic) bond motifs is 1. The second-order valence-corrected chi connectivity index (χ2v) is 3.48. The first-order valence-corrected chi connectivity index (χ1v) is 4.62. The van der Waals surface area contributed by atoms with E-state index in [2.05, 4.69) is 17.3 Å². The van der Waals surface area contributed by atoms with Crippen LogP contribution in [0.3, 0.4) is 0 Å². The third kappa shape index (κ3) is 1.54. The summed E-state index contributed by atoms with van der Waals surface area (Å²) in [4.78, 5) is 2.24. The molecule has 0 fully saturated rings. The number of benzene rings is 1. The van der Waals surface area contributed by atoms with Crippen LogP contribution >= 0.6 is 0 Å². The van der Waals surface area contributed by atoms with E-state index in [4.69, 9.17) is 5.73 Å². The predicted molar refractivity (Wildman–Crippen MR) is 57.2 cm³/mol. The highest BCUT2D eigenvalue weighted by molar-refractivity contribution is 5.74. The van der Waals surface area contributed by atoms with Gasteiger partial charge >= 0.3 is 0 Å². The van der Waals surface area contributed by atoms with E-state index in [-0.39, 0.29) is 0 Å². The molecule has 0 amide bonds. The van der Waals surface area contributed by atoms with Crippen molar-refractivity contribution >= 4 is 17.1 Å². The molecular weight excluding hydrogens is 162 g/mol. The maximum absolute atomic E-state index is 5.74. The van der Waals surface area contributed by atoms with Gasteiger partial charge in [0.1, 0.15) is 0 Å². The lowest BCUT2D eigenvalue weighted by Crippen LogP contribution is -2.17. The number of anilines is 3. The summed E-state index contributed by atoms with van der Waals surface area (Å²) in [6.45, 7) is 2.13. The summed E-state index contributed by atoms with van der Waals surface area (Å²) < 4.78 is 0. The second-order valence-electron chi connectivity index (χ2n) is 3.48. The zero-order valence-electron chi connectivity index (χ0n) is 7.88. The minimum Gasteiger partial charge on any atom is -0.399 e. The number of nitrogens with one attached hydrogen (secondary N) is 1. The summed E-state index contributed by atoms with van der Waals surface area (Å²) in [6, 6.07) is 6.01. The van der Waals surface area contributed by atoms with Crippen LogP contribution in [0.4, 0.5) is 17.1 Å². The molecule has 0 saturated heterocycles. The van der Waals surface area contributed by atoms with Crippen LogP contribution < -0.4 is 16.0 Å². The molecule has 1 aromatic carbocycles. The molecule has 2 rings (SSSR count). The molecule has 3 nitrogen and oxygen atoms in total. The van der Waals surface area contributed by atoms with Crippen molar-refractivity contribution in [2.75, 3.05) is 36.1 Å². The summed E-state index contributed by atoms with van der Waals surface area (Å²) in [5, 5.41) is 3.39. The van der Waals surface area contributed by atoms with Crippen LogP contribution in [0.15, 0.2) is 18.2 Å². The van der Waals surface area contributed by atoms with E-state index < -0.39 is 0 Å². The number of hydrogen-bond donors (Lipinski definition) is 2. The zero-order valence-corrected chi connectivity index (χ0v) is 7.88. The quantitative estimate of drug-likeness (QED) is 0.590. The fourth-order valence-corrected chi connectivity index (χ4v) is 1.67. The minimum absolute atomic E-state index is 0.828. The lowest BCUT2D eigenvalue weighted by Gasteiger charge is -2.18. The number of nitrogens with zero attached hydrogens (tertiary/aromatic N) is 1. The van der Waals surface area contributed by atoms with E-state index in [0.717, 1.165) is 18.8 Å². The number of rotatable bonds is 0. The van der Waals surface area contributed by atoms with Crippen LogP contribution in [0, 0.1) is 0 Å². The molecule has 0 aliphatic carbocycles. The third-order valence-corrected chi connectivity index (χ3v) is 2.42. The Balaban J connectivity index is 2.43. The first kappa shape index (κ1) is 8.23. The molecule has 1 aromatic rings. The van der Waals surface area contributed by atoms with Gasteiger partial charge in [-0.2, -0.15) is 0 Å². The van der Waals surface area contributed by atoms with Crippen LogP contribution in [0.1, 0.15) is 6.42 Å². The molecule has 0 aromatic heterocycles. The molecule has 0 unspecified atom stereocenters. The summed E-state index contributed by atoms with van der Waals surface area (Å²) in [5.41, 5.74) is 8.96. The van der Waals surface area contributed by atoms with Gasteiger partial charge in [-0.15, -0.1) is 0 Å². The van der Waals surface area contributed by atoms with Crippen LogP contribution in [-0.2, 0) is 0 Å². The van der Waals surface area contributed by atoms with Gasteiger partial charge in [-0.3, -0.25) is 0 Å². The average molecular weight is 177 g/mol. The number of nitrogen functional groups attached to an aromatic ring is 1. The SMILES string of the molecule is CN1CCCNc2ccc(N)cc21. The zero-order chi connectivity index (χ0) is 9.26. The van der Waals surface area contributed by atoms with Crippen molar-refractivity contribution in [2.45, 2.75) is 6.42 Å². The van der Waals surface area contributed by atoms with Crippen LogP contribution in [0.25, 0.3) is 0 Å². The van der Waals surface area contributed by atoms with E-state index in [0.29, 0.717) is 0 Å². The highest BCUT2D eigenvalue weighted by Crippen LogP contribution is 2.29. The molecule has 3 heteroatoms. The Labute approximate surface area is 78.5 Å². The van der Waals surface area contributed by atoms with Gasteiger partial charge in [-0.25, -0.2) is 0 Å². The molecule has 0 radical (unpaired) electrons. The topological polar surface area (TPSA) is 41.3 Å². The highest BCUT2D eigenvalue weighted by Gasteiger charge is 2.10. The highest BCUT2D eigenvalue weighted by atomic mass is 15.1.